The molecule has 5 rings (SSSR count). The van der Waals surface area contributed by atoms with Gasteiger partial charge in [-0.15, -0.1) is 0 Å². The number of nitrogens with zero attached hydrogens (tertiary/aromatic N) is 2. The van der Waals surface area contributed by atoms with Gasteiger partial charge in [-0.05, 0) is 41.3 Å². The Morgan fingerprint density at radius 1 is 1.00 bits per heavy atom. The minimum atomic E-state index is -4.46. The molecular weight excluding hydrogens is 503 g/mol. The molecule has 1 saturated heterocycles. The van der Waals surface area contributed by atoms with E-state index in [2.05, 4.69) is 16.8 Å². The third-order valence-electron chi connectivity index (χ3n) is 7.64. The van der Waals surface area contributed by atoms with Gasteiger partial charge in [-0.25, -0.2) is 0 Å². The van der Waals surface area contributed by atoms with Crippen LogP contribution in [-0.4, -0.2) is 49.1 Å². The van der Waals surface area contributed by atoms with E-state index in [0.29, 0.717) is 31.7 Å². The molecule has 1 unspecified atom stereocenters. The molecule has 5 nitrogen and oxygen atoms in total. The van der Waals surface area contributed by atoms with Crippen LogP contribution in [0.15, 0.2) is 72.9 Å². The number of methoxy groups -OCH3 is 1. The van der Waals surface area contributed by atoms with E-state index in [1.165, 1.54) is 12.1 Å². The molecule has 39 heavy (non-hydrogen) atoms. The quantitative estimate of drug-likeness (QED) is 0.289. The second-order valence-corrected chi connectivity index (χ2v) is 9.86. The molecular formula is C31H32F3N3O2. The van der Waals surface area contributed by atoms with E-state index in [0.717, 1.165) is 46.0 Å². The van der Waals surface area contributed by atoms with Crippen LogP contribution >= 0.6 is 0 Å². The van der Waals surface area contributed by atoms with Crippen molar-refractivity contribution < 1.29 is 22.7 Å². The summed E-state index contributed by atoms with van der Waals surface area (Å²) >= 11 is 0. The molecule has 3 aromatic carbocycles. The summed E-state index contributed by atoms with van der Waals surface area (Å²) in [7, 11) is 1.64. The first-order valence-electron chi connectivity index (χ1n) is 13.2. The maximum atomic E-state index is 13.6. The van der Waals surface area contributed by atoms with Gasteiger partial charge in [-0.1, -0.05) is 55.5 Å². The number of H-pyrrole nitrogens is 1. The Kier molecular flexibility index (Phi) is 7.55. The van der Waals surface area contributed by atoms with Crippen LogP contribution in [0.25, 0.3) is 10.9 Å². The second kappa shape index (κ2) is 11.0. The molecule has 1 aromatic heterocycles. The molecule has 4 aromatic rings. The average Bonchev–Trinajstić information content (AvgIpc) is 3.39. The van der Waals surface area contributed by atoms with Crippen LogP contribution in [0.3, 0.4) is 0 Å². The van der Waals surface area contributed by atoms with Gasteiger partial charge in [-0.2, -0.15) is 13.2 Å². The largest absolute Gasteiger partial charge is 0.495 e. The number of aryl methyl sites for hydroxylation is 1. The maximum absolute atomic E-state index is 13.6. The van der Waals surface area contributed by atoms with Gasteiger partial charge in [-0.3, -0.25) is 4.79 Å². The number of carbonyl (C=O) groups is 1. The van der Waals surface area contributed by atoms with Crippen molar-refractivity contribution in [2.75, 3.05) is 38.2 Å². The van der Waals surface area contributed by atoms with Gasteiger partial charge in [0.2, 0.25) is 5.91 Å². The number of piperazine rings is 1. The van der Waals surface area contributed by atoms with Crippen LogP contribution in [0.4, 0.5) is 18.9 Å². The number of para-hydroxylation sites is 3. The second-order valence-electron chi connectivity index (χ2n) is 9.86. The van der Waals surface area contributed by atoms with Crippen molar-refractivity contribution in [1.82, 2.24) is 9.88 Å². The van der Waals surface area contributed by atoms with E-state index in [9.17, 15) is 18.0 Å². The Bertz CT molecular complexity index is 1450. The number of hydrogen-bond donors (Lipinski definition) is 1. The fourth-order valence-electron chi connectivity index (χ4n) is 5.55. The number of halogens is 3. The minimum absolute atomic E-state index is 0.0712. The van der Waals surface area contributed by atoms with E-state index < -0.39 is 17.7 Å². The lowest BCUT2D eigenvalue weighted by Crippen LogP contribution is -2.49. The van der Waals surface area contributed by atoms with Gasteiger partial charge in [0.05, 0.1) is 18.4 Å². The zero-order valence-electron chi connectivity index (χ0n) is 22.1. The molecule has 0 spiro atoms. The molecule has 1 fully saturated rings. The van der Waals surface area contributed by atoms with Crippen molar-refractivity contribution in [3.8, 4) is 5.75 Å². The van der Waals surface area contributed by atoms with Crippen LogP contribution < -0.4 is 9.64 Å². The number of alkyl halides is 3. The number of ether oxygens (including phenoxy) is 1. The molecule has 204 valence electrons. The molecule has 2 heterocycles. The van der Waals surface area contributed by atoms with Crippen molar-refractivity contribution in [3.05, 3.63) is 95.2 Å². The molecule has 1 N–H and O–H groups in total. The first kappa shape index (κ1) is 26.7. The molecule has 1 aliphatic heterocycles. The lowest BCUT2D eigenvalue weighted by Gasteiger charge is -2.37. The number of rotatable bonds is 7. The highest BCUT2D eigenvalue weighted by Crippen LogP contribution is 2.38. The van der Waals surface area contributed by atoms with Crippen molar-refractivity contribution in [3.63, 3.8) is 0 Å². The summed E-state index contributed by atoms with van der Waals surface area (Å²) in [5, 5.41) is 0.936. The number of nitrogens with one attached hydrogen (secondary N) is 1. The SMILES string of the molecule is CCc1cccc2c(C(CC(=O)N3CCN(c4ccccc4OC)CC3)c3cccc(C(F)(F)F)c3)c[nH]c12. The number of aromatic amines is 1. The van der Waals surface area contributed by atoms with Crippen LogP contribution in [0.2, 0.25) is 0 Å². The third kappa shape index (κ3) is 5.46. The topological polar surface area (TPSA) is 48.6 Å². The van der Waals surface area contributed by atoms with Crippen LogP contribution in [0.1, 0.15) is 41.5 Å². The van der Waals surface area contributed by atoms with E-state index in [-0.39, 0.29) is 12.3 Å². The number of carbonyl (C=O) groups excluding carboxylic acids is 1. The molecule has 1 aliphatic rings. The fourth-order valence-corrected chi connectivity index (χ4v) is 5.55. The highest BCUT2D eigenvalue weighted by atomic mass is 19.4. The van der Waals surface area contributed by atoms with Gasteiger partial charge in [0.15, 0.2) is 0 Å². The maximum Gasteiger partial charge on any atom is 0.416 e. The summed E-state index contributed by atoms with van der Waals surface area (Å²) < 4.78 is 46.3. The third-order valence-corrected chi connectivity index (χ3v) is 7.64. The zero-order valence-corrected chi connectivity index (χ0v) is 22.1. The molecule has 0 bridgehead atoms. The average molecular weight is 536 g/mol. The lowest BCUT2D eigenvalue weighted by molar-refractivity contribution is -0.137. The summed E-state index contributed by atoms with van der Waals surface area (Å²) in [6.45, 7) is 4.41. The van der Waals surface area contributed by atoms with Crippen LogP contribution in [0, 0.1) is 0 Å². The highest BCUT2D eigenvalue weighted by Gasteiger charge is 2.33. The smallest absolute Gasteiger partial charge is 0.416 e. The molecule has 1 amide bonds. The number of amides is 1. The van der Waals surface area contributed by atoms with Gasteiger partial charge in [0, 0.05) is 55.6 Å². The Morgan fingerprint density at radius 3 is 2.46 bits per heavy atom. The predicted octanol–water partition coefficient (Wildman–Crippen LogP) is 6.63. The number of hydrogen-bond acceptors (Lipinski definition) is 3. The van der Waals surface area contributed by atoms with Crippen molar-refractivity contribution in [2.45, 2.75) is 31.9 Å². The predicted molar refractivity (Wildman–Crippen MR) is 147 cm³/mol. The van der Waals surface area contributed by atoms with Gasteiger partial charge in [0.1, 0.15) is 5.75 Å². The van der Waals surface area contributed by atoms with Gasteiger partial charge in [0.25, 0.3) is 0 Å². The van der Waals surface area contributed by atoms with E-state index in [1.807, 2.05) is 53.6 Å². The standard InChI is InChI=1S/C31H32F3N3O2/c1-3-21-8-7-11-24-26(20-35-30(21)24)25(22-9-6-10-23(18-22)31(32,33)34)19-29(38)37-16-14-36(15-17-37)27-12-4-5-13-28(27)39-2/h4-13,18,20,25,35H,3,14-17,19H2,1-2H3. The molecule has 8 heteroatoms. The van der Waals surface area contributed by atoms with Crippen LogP contribution in [0.5, 0.6) is 5.75 Å². The van der Waals surface area contributed by atoms with Gasteiger partial charge < -0.3 is 19.5 Å². The number of aromatic nitrogens is 1. The first-order chi connectivity index (χ1) is 18.8. The minimum Gasteiger partial charge on any atom is -0.495 e. The molecule has 0 radical (unpaired) electrons. The lowest BCUT2D eigenvalue weighted by atomic mass is 9.86. The summed E-state index contributed by atoms with van der Waals surface area (Å²) in [5.74, 6) is 0.193. The Morgan fingerprint density at radius 2 is 1.74 bits per heavy atom. The Balaban J connectivity index is 1.42. The summed E-state index contributed by atoms with van der Waals surface area (Å²) in [6.07, 6.45) is -1.71. The van der Waals surface area contributed by atoms with Crippen molar-refractivity contribution in [2.24, 2.45) is 0 Å². The number of anilines is 1. The molecule has 1 atom stereocenters. The molecule has 0 saturated carbocycles. The number of benzene rings is 3. The number of fused-ring (bicyclic) bond motifs is 1. The molecule has 0 aliphatic carbocycles. The van der Waals surface area contributed by atoms with Crippen LogP contribution in [-0.2, 0) is 17.4 Å². The summed E-state index contributed by atoms with van der Waals surface area (Å²) in [6, 6.07) is 19.1. The summed E-state index contributed by atoms with van der Waals surface area (Å²) in [5.41, 5.74) is 3.68. The normalized spacial score (nSPS) is 15.0. The zero-order chi connectivity index (χ0) is 27.6. The van der Waals surface area contributed by atoms with E-state index in [4.69, 9.17) is 4.74 Å². The van der Waals surface area contributed by atoms with E-state index in [1.54, 1.807) is 13.2 Å². The van der Waals surface area contributed by atoms with Gasteiger partial charge >= 0.3 is 6.18 Å². The Hall–Kier alpha value is -3.94. The summed E-state index contributed by atoms with van der Waals surface area (Å²) in [4.78, 5) is 21.0. The fraction of sp³-hybridized carbons (Fsp3) is 0.323. The first-order valence-corrected chi connectivity index (χ1v) is 13.2. The van der Waals surface area contributed by atoms with E-state index >= 15 is 0 Å². The van der Waals surface area contributed by atoms with Crippen molar-refractivity contribution >= 4 is 22.5 Å². The van der Waals surface area contributed by atoms with Crippen molar-refractivity contribution in [1.29, 1.82) is 0 Å². The highest BCUT2D eigenvalue weighted by molar-refractivity contribution is 5.88. The Labute approximate surface area is 226 Å². The monoisotopic (exact) mass is 535 g/mol.